The number of rotatable bonds is 6. The predicted molar refractivity (Wildman–Crippen MR) is 97.5 cm³/mol. The van der Waals surface area contributed by atoms with Crippen LogP contribution in [0.5, 0.6) is 0 Å². The smallest absolute Gasteiger partial charge is 0.309 e. The highest BCUT2D eigenvalue weighted by Gasteiger charge is 2.26. The molecule has 1 aromatic rings. The number of amides is 1. The number of likely N-dealkylation sites (tertiary alicyclic amines) is 1. The molecule has 0 aromatic heterocycles. The number of nitrogens with one attached hydrogen (secondary N) is 1. The molecule has 1 aliphatic heterocycles. The molecular weight excluding hydrogens is 316 g/mol. The van der Waals surface area contributed by atoms with Gasteiger partial charge in [-0.2, -0.15) is 0 Å². The molecule has 1 aliphatic carbocycles. The van der Waals surface area contributed by atoms with Gasteiger partial charge in [-0.25, -0.2) is 0 Å². The quantitative estimate of drug-likeness (QED) is 0.806. The number of esters is 1. The minimum absolute atomic E-state index is 0.0245. The average molecular weight is 344 g/mol. The molecule has 0 radical (unpaired) electrons. The second-order valence-electron chi connectivity index (χ2n) is 7.00. The van der Waals surface area contributed by atoms with Crippen LogP contribution < -0.4 is 5.32 Å². The Labute approximate surface area is 149 Å². The summed E-state index contributed by atoms with van der Waals surface area (Å²) >= 11 is 0. The molecule has 136 valence electrons. The van der Waals surface area contributed by atoms with E-state index in [-0.39, 0.29) is 17.8 Å². The van der Waals surface area contributed by atoms with Crippen molar-refractivity contribution >= 4 is 17.6 Å². The lowest BCUT2D eigenvalue weighted by Crippen LogP contribution is -2.38. The molecule has 1 saturated heterocycles. The Hall–Kier alpha value is -1.88. The van der Waals surface area contributed by atoms with Gasteiger partial charge < -0.3 is 15.0 Å². The lowest BCUT2D eigenvalue weighted by atomic mass is 9.97. The Kier molecular flexibility index (Phi) is 6.08. The molecule has 5 nitrogen and oxygen atoms in total. The molecule has 1 fully saturated rings. The highest BCUT2D eigenvalue weighted by Crippen LogP contribution is 2.25. The van der Waals surface area contributed by atoms with E-state index in [1.165, 1.54) is 17.5 Å². The zero-order valence-corrected chi connectivity index (χ0v) is 15.1. The zero-order valence-electron chi connectivity index (χ0n) is 15.1. The summed E-state index contributed by atoms with van der Waals surface area (Å²) in [7, 11) is 0. The Morgan fingerprint density at radius 3 is 2.72 bits per heavy atom. The lowest BCUT2D eigenvalue weighted by Gasteiger charge is -2.30. The number of carbonyl (C=O) groups is 2. The third-order valence-corrected chi connectivity index (χ3v) is 5.24. The summed E-state index contributed by atoms with van der Waals surface area (Å²) in [6.45, 7) is 4.74. The molecule has 5 heteroatoms. The van der Waals surface area contributed by atoms with Crippen molar-refractivity contribution in [2.24, 2.45) is 5.92 Å². The van der Waals surface area contributed by atoms with Crippen LogP contribution in [0.1, 0.15) is 43.7 Å². The van der Waals surface area contributed by atoms with Gasteiger partial charge in [0.1, 0.15) is 0 Å². The number of hydrogen-bond acceptors (Lipinski definition) is 4. The fourth-order valence-electron chi connectivity index (χ4n) is 3.79. The van der Waals surface area contributed by atoms with Gasteiger partial charge in [0.2, 0.25) is 5.91 Å². The van der Waals surface area contributed by atoms with Crippen LogP contribution in [-0.4, -0.2) is 43.0 Å². The average Bonchev–Trinajstić information content (AvgIpc) is 3.08. The maximum atomic E-state index is 12.2. The standard InChI is InChI=1S/C20H28N2O3/c1-2-25-20(24)16-8-11-22(12-9-16)13-10-19(23)21-18-7-6-15-4-3-5-17(15)14-18/h6-7,14,16H,2-5,8-13H2,1H3,(H,21,23). The molecule has 3 rings (SSSR count). The molecular formula is C20H28N2O3. The van der Waals surface area contributed by atoms with E-state index in [0.717, 1.165) is 51.0 Å². The summed E-state index contributed by atoms with van der Waals surface area (Å²) in [6.07, 6.45) is 5.63. The monoisotopic (exact) mass is 344 g/mol. The van der Waals surface area contributed by atoms with Crippen LogP contribution in [0.15, 0.2) is 18.2 Å². The summed E-state index contributed by atoms with van der Waals surface area (Å²) in [4.78, 5) is 26.2. The fourth-order valence-corrected chi connectivity index (χ4v) is 3.79. The second-order valence-corrected chi connectivity index (χ2v) is 7.00. The molecule has 0 atom stereocenters. The van der Waals surface area contributed by atoms with Crippen LogP contribution >= 0.6 is 0 Å². The zero-order chi connectivity index (χ0) is 17.6. The first-order valence-electron chi connectivity index (χ1n) is 9.46. The van der Waals surface area contributed by atoms with E-state index in [0.29, 0.717) is 13.0 Å². The summed E-state index contributed by atoms with van der Waals surface area (Å²) in [5, 5.41) is 3.02. The molecule has 1 N–H and O–H groups in total. The summed E-state index contributed by atoms with van der Waals surface area (Å²) in [6, 6.07) is 6.26. The van der Waals surface area contributed by atoms with Crippen LogP contribution in [0, 0.1) is 5.92 Å². The Morgan fingerprint density at radius 2 is 1.96 bits per heavy atom. The van der Waals surface area contributed by atoms with Crippen molar-refractivity contribution in [3.63, 3.8) is 0 Å². The summed E-state index contributed by atoms with van der Waals surface area (Å²) in [5.41, 5.74) is 3.70. The van der Waals surface area contributed by atoms with Crippen LogP contribution in [0.2, 0.25) is 0 Å². The number of carbonyl (C=O) groups excluding carboxylic acids is 2. The SMILES string of the molecule is CCOC(=O)C1CCN(CCC(=O)Nc2ccc3c(c2)CCC3)CC1. The topological polar surface area (TPSA) is 58.6 Å². The largest absolute Gasteiger partial charge is 0.466 e. The summed E-state index contributed by atoms with van der Waals surface area (Å²) < 4.78 is 5.09. The van der Waals surface area contributed by atoms with E-state index >= 15 is 0 Å². The second kappa shape index (κ2) is 8.48. The molecule has 0 unspecified atom stereocenters. The number of ether oxygens (including phenoxy) is 1. The van der Waals surface area contributed by atoms with Crippen molar-refractivity contribution in [3.05, 3.63) is 29.3 Å². The van der Waals surface area contributed by atoms with Gasteiger partial charge in [-0.3, -0.25) is 9.59 Å². The highest BCUT2D eigenvalue weighted by molar-refractivity contribution is 5.91. The van der Waals surface area contributed by atoms with Crippen molar-refractivity contribution < 1.29 is 14.3 Å². The van der Waals surface area contributed by atoms with Gasteiger partial charge in [0.15, 0.2) is 0 Å². The number of nitrogens with zero attached hydrogens (tertiary/aromatic N) is 1. The minimum Gasteiger partial charge on any atom is -0.466 e. The molecule has 0 spiro atoms. The van der Waals surface area contributed by atoms with E-state index in [1.54, 1.807) is 0 Å². The van der Waals surface area contributed by atoms with Gasteiger partial charge in [-0.15, -0.1) is 0 Å². The van der Waals surface area contributed by atoms with E-state index in [1.807, 2.05) is 13.0 Å². The van der Waals surface area contributed by atoms with Crippen LogP contribution in [0.3, 0.4) is 0 Å². The van der Waals surface area contributed by atoms with Gasteiger partial charge in [-0.05, 0) is 75.4 Å². The molecule has 2 aliphatic rings. The van der Waals surface area contributed by atoms with E-state index in [9.17, 15) is 9.59 Å². The number of fused-ring (bicyclic) bond motifs is 1. The third kappa shape index (κ3) is 4.82. The molecule has 1 heterocycles. The van der Waals surface area contributed by atoms with Gasteiger partial charge in [0.25, 0.3) is 0 Å². The fraction of sp³-hybridized carbons (Fsp3) is 0.600. The van der Waals surface area contributed by atoms with Gasteiger partial charge in [0, 0.05) is 18.7 Å². The predicted octanol–water partition coefficient (Wildman–Crippen LogP) is 2.78. The highest BCUT2D eigenvalue weighted by atomic mass is 16.5. The van der Waals surface area contributed by atoms with Crippen molar-refractivity contribution in [2.45, 2.75) is 45.4 Å². The van der Waals surface area contributed by atoms with E-state index in [4.69, 9.17) is 4.74 Å². The van der Waals surface area contributed by atoms with Gasteiger partial charge in [0.05, 0.1) is 12.5 Å². The molecule has 0 bridgehead atoms. The summed E-state index contributed by atoms with van der Waals surface area (Å²) in [5.74, 6) is 0.0124. The molecule has 1 aromatic carbocycles. The van der Waals surface area contributed by atoms with Crippen LogP contribution in [0.25, 0.3) is 0 Å². The molecule has 25 heavy (non-hydrogen) atoms. The van der Waals surface area contributed by atoms with E-state index < -0.39 is 0 Å². The van der Waals surface area contributed by atoms with Crippen molar-refractivity contribution in [1.82, 2.24) is 4.90 Å². The number of piperidine rings is 1. The number of hydrogen-bond donors (Lipinski definition) is 1. The Morgan fingerprint density at radius 1 is 1.20 bits per heavy atom. The van der Waals surface area contributed by atoms with Crippen molar-refractivity contribution in [2.75, 3.05) is 31.6 Å². The first-order chi connectivity index (χ1) is 12.2. The lowest BCUT2D eigenvalue weighted by molar-refractivity contribution is -0.149. The Bertz CT molecular complexity index is 621. The molecule has 1 amide bonds. The Balaban J connectivity index is 1.39. The van der Waals surface area contributed by atoms with Gasteiger partial charge in [-0.1, -0.05) is 6.07 Å². The van der Waals surface area contributed by atoms with Gasteiger partial charge >= 0.3 is 5.97 Å². The van der Waals surface area contributed by atoms with Crippen molar-refractivity contribution in [1.29, 1.82) is 0 Å². The van der Waals surface area contributed by atoms with Crippen molar-refractivity contribution in [3.8, 4) is 0 Å². The maximum Gasteiger partial charge on any atom is 0.309 e. The maximum absolute atomic E-state index is 12.2. The minimum atomic E-state index is -0.0727. The number of aryl methyl sites for hydroxylation is 2. The molecule has 0 saturated carbocycles. The number of anilines is 1. The third-order valence-electron chi connectivity index (χ3n) is 5.24. The first kappa shape index (κ1) is 17.9. The normalized spacial score (nSPS) is 18.0. The van der Waals surface area contributed by atoms with Crippen LogP contribution in [-0.2, 0) is 27.2 Å². The van der Waals surface area contributed by atoms with Crippen LogP contribution in [0.4, 0.5) is 5.69 Å². The van der Waals surface area contributed by atoms with E-state index in [2.05, 4.69) is 22.3 Å². The number of benzene rings is 1. The first-order valence-corrected chi connectivity index (χ1v) is 9.46.